The third kappa shape index (κ3) is 5.36. The molecular weight excluding hydrogens is 393 g/mol. The zero-order valence-corrected chi connectivity index (χ0v) is 16.0. The summed E-state index contributed by atoms with van der Waals surface area (Å²) in [4.78, 5) is 11.5. The van der Waals surface area contributed by atoms with Crippen LogP contribution in [0.3, 0.4) is 0 Å². The van der Waals surface area contributed by atoms with Crippen LogP contribution < -0.4 is 0 Å². The molecule has 5 nitrogen and oxygen atoms in total. The van der Waals surface area contributed by atoms with Crippen molar-refractivity contribution in [2.75, 3.05) is 13.2 Å². The molecule has 28 heavy (non-hydrogen) atoms. The van der Waals surface area contributed by atoms with Crippen molar-refractivity contribution in [3.63, 3.8) is 0 Å². The quantitative estimate of drug-likeness (QED) is 0.822. The lowest BCUT2D eigenvalue weighted by molar-refractivity contribution is -0.192. The highest BCUT2D eigenvalue weighted by molar-refractivity contribution is 7.07. The summed E-state index contributed by atoms with van der Waals surface area (Å²) in [5, 5.41) is 11.6. The SMILES string of the molecule is O=C(O)C(F)(F)F.c1ccn(CC2CCC3C2OCCN3Cc2ccsc2)c1. The number of rotatable bonds is 4. The lowest BCUT2D eigenvalue weighted by Gasteiger charge is -2.39. The second kappa shape index (κ2) is 9.11. The summed E-state index contributed by atoms with van der Waals surface area (Å²) < 4.78 is 40.2. The molecule has 2 aromatic heterocycles. The van der Waals surface area contributed by atoms with Crippen LogP contribution in [0.2, 0.25) is 0 Å². The van der Waals surface area contributed by atoms with Gasteiger partial charge in [-0.25, -0.2) is 4.79 Å². The van der Waals surface area contributed by atoms with E-state index in [4.69, 9.17) is 14.6 Å². The van der Waals surface area contributed by atoms with Crippen molar-refractivity contribution in [1.82, 2.24) is 9.47 Å². The van der Waals surface area contributed by atoms with E-state index in [1.807, 2.05) is 0 Å². The summed E-state index contributed by atoms with van der Waals surface area (Å²) >= 11 is 1.80. The minimum atomic E-state index is -5.08. The number of hydrogen-bond donors (Lipinski definition) is 1. The monoisotopic (exact) mass is 416 g/mol. The molecule has 1 aliphatic carbocycles. The fraction of sp³-hybridized carbons (Fsp3) is 0.526. The minimum absolute atomic E-state index is 0.416. The van der Waals surface area contributed by atoms with Gasteiger partial charge < -0.3 is 14.4 Å². The molecule has 3 heterocycles. The average Bonchev–Trinajstić information content (AvgIpc) is 3.38. The Kier molecular flexibility index (Phi) is 6.79. The van der Waals surface area contributed by atoms with Crippen LogP contribution in [0.4, 0.5) is 13.2 Å². The van der Waals surface area contributed by atoms with Crippen molar-refractivity contribution in [3.8, 4) is 0 Å². The molecule has 4 rings (SSSR count). The summed E-state index contributed by atoms with van der Waals surface area (Å²) in [5.74, 6) is -2.10. The fourth-order valence-corrected chi connectivity index (χ4v) is 4.57. The Hall–Kier alpha value is -1.84. The van der Waals surface area contributed by atoms with Crippen LogP contribution >= 0.6 is 11.3 Å². The first kappa shape index (κ1) is 20.9. The van der Waals surface area contributed by atoms with E-state index in [1.165, 1.54) is 18.4 Å². The number of halogens is 3. The van der Waals surface area contributed by atoms with Gasteiger partial charge >= 0.3 is 12.1 Å². The number of carboxylic acids is 1. The van der Waals surface area contributed by atoms with Gasteiger partial charge in [0.2, 0.25) is 0 Å². The Balaban J connectivity index is 0.000000279. The smallest absolute Gasteiger partial charge is 0.475 e. The molecule has 9 heteroatoms. The highest BCUT2D eigenvalue weighted by Gasteiger charge is 2.42. The van der Waals surface area contributed by atoms with Crippen molar-refractivity contribution in [2.24, 2.45) is 5.92 Å². The molecule has 1 N–H and O–H groups in total. The number of carbonyl (C=O) groups is 1. The number of carboxylic acid groups (broad SMARTS) is 1. The summed E-state index contributed by atoms with van der Waals surface area (Å²) in [5.41, 5.74) is 1.45. The van der Waals surface area contributed by atoms with Crippen LogP contribution in [0.15, 0.2) is 41.4 Å². The third-order valence-electron chi connectivity index (χ3n) is 5.15. The number of morpholine rings is 1. The number of aliphatic carboxylic acids is 1. The maximum absolute atomic E-state index is 10.6. The number of ether oxygens (including phenoxy) is 1. The van der Waals surface area contributed by atoms with Gasteiger partial charge in [-0.2, -0.15) is 24.5 Å². The molecule has 1 saturated heterocycles. The molecule has 3 unspecified atom stereocenters. The lowest BCUT2D eigenvalue weighted by Crippen LogP contribution is -2.50. The van der Waals surface area contributed by atoms with E-state index in [0.717, 1.165) is 26.2 Å². The van der Waals surface area contributed by atoms with Gasteiger partial charge in [0, 0.05) is 44.0 Å². The highest BCUT2D eigenvalue weighted by atomic mass is 32.1. The van der Waals surface area contributed by atoms with E-state index in [-0.39, 0.29) is 0 Å². The van der Waals surface area contributed by atoms with E-state index >= 15 is 0 Å². The number of fused-ring (bicyclic) bond motifs is 1. The molecule has 2 fully saturated rings. The van der Waals surface area contributed by atoms with Gasteiger partial charge in [0.1, 0.15) is 0 Å². The lowest BCUT2D eigenvalue weighted by atomic mass is 10.0. The Morgan fingerprint density at radius 2 is 2.00 bits per heavy atom. The van der Waals surface area contributed by atoms with Crippen molar-refractivity contribution in [3.05, 3.63) is 46.9 Å². The first-order valence-electron chi connectivity index (χ1n) is 9.12. The van der Waals surface area contributed by atoms with Gasteiger partial charge in [-0.15, -0.1) is 0 Å². The molecular formula is C19H23F3N2O3S. The van der Waals surface area contributed by atoms with Crippen LogP contribution in [-0.2, 0) is 22.6 Å². The first-order chi connectivity index (χ1) is 13.3. The number of nitrogens with zero attached hydrogens (tertiary/aromatic N) is 2. The van der Waals surface area contributed by atoms with E-state index < -0.39 is 12.1 Å². The number of alkyl halides is 3. The van der Waals surface area contributed by atoms with Crippen molar-refractivity contribution >= 4 is 17.3 Å². The zero-order valence-electron chi connectivity index (χ0n) is 15.2. The van der Waals surface area contributed by atoms with Gasteiger partial charge in [0.05, 0.1) is 12.7 Å². The molecule has 0 radical (unpaired) electrons. The molecule has 2 aromatic rings. The molecule has 0 spiro atoms. The molecule has 1 saturated carbocycles. The second-order valence-electron chi connectivity index (χ2n) is 7.03. The van der Waals surface area contributed by atoms with Crippen LogP contribution in [0, 0.1) is 5.92 Å². The first-order valence-corrected chi connectivity index (χ1v) is 10.1. The zero-order chi connectivity index (χ0) is 20.1. The third-order valence-corrected chi connectivity index (χ3v) is 5.89. The summed E-state index contributed by atoms with van der Waals surface area (Å²) in [7, 11) is 0. The summed E-state index contributed by atoms with van der Waals surface area (Å²) in [6, 6.07) is 7.08. The predicted octanol–water partition coefficient (Wildman–Crippen LogP) is 3.86. The number of thiophene rings is 1. The van der Waals surface area contributed by atoms with Gasteiger partial charge in [-0.3, -0.25) is 4.90 Å². The maximum atomic E-state index is 10.6. The van der Waals surface area contributed by atoms with E-state index in [0.29, 0.717) is 18.1 Å². The van der Waals surface area contributed by atoms with Crippen molar-refractivity contribution < 1.29 is 27.8 Å². The van der Waals surface area contributed by atoms with Crippen LogP contribution in [0.25, 0.3) is 0 Å². The molecule has 2 aliphatic rings. The van der Waals surface area contributed by atoms with Gasteiger partial charge in [0.25, 0.3) is 0 Å². The topological polar surface area (TPSA) is 54.7 Å². The molecule has 3 atom stereocenters. The van der Waals surface area contributed by atoms with E-state index in [1.54, 1.807) is 11.3 Å². The average molecular weight is 416 g/mol. The summed E-state index contributed by atoms with van der Waals surface area (Å²) in [6.07, 6.45) is 2.23. The Labute approximate surface area is 165 Å². The van der Waals surface area contributed by atoms with Crippen LogP contribution in [-0.4, -0.2) is 52.0 Å². The second-order valence-corrected chi connectivity index (χ2v) is 7.81. The van der Waals surface area contributed by atoms with Gasteiger partial charge in [-0.05, 0) is 47.4 Å². The van der Waals surface area contributed by atoms with Gasteiger partial charge in [-0.1, -0.05) is 0 Å². The summed E-state index contributed by atoms with van der Waals surface area (Å²) in [6.45, 7) is 4.14. The van der Waals surface area contributed by atoms with E-state index in [9.17, 15) is 13.2 Å². The number of aromatic nitrogens is 1. The molecule has 0 bridgehead atoms. The Morgan fingerprint density at radius 3 is 2.61 bits per heavy atom. The Bertz CT molecular complexity index is 734. The fourth-order valence-electron chi connectivity index (χ4n) is 3.91. The Morgan fingerprint density at radius 1 is 1.29 bits per heavy atom. The van der Waals surface area contributed by atoms with Crippen molar-refractivity contribution in [2.45, 2.75) is 44.3 Å². The molecule has 154 valence electrons. The molecule has 1 aliphatic heterocycles. The molecule has 0 amide bonds. The van der Waals surface area contributed by atoms with Crippen LogP contribution in [0.5, 0.6) is 0 Å². The maximum Gasteiger partial charge on any atom is 0.490 e. The standard InChI is InChI=1S/C17H22N2OS.C2HF3O2/c1-2-7-18(6-1)12-15-3-4-16-17(15)20-9-8-19(16)11-14-5-10-21-13-14;3-2(4,5)1(6)7/h1-2,5-7,10,13,15-17H,3-4,8-9,11-12H2;(H,6,7). The minimum Gasteiger partial charge on any atom is -0.475 e. The largest absolute Gasteiger partial charge is 0.490 e. The molecule has 0 aromatic carbocycles. The van der Waals surface area contributed by atoms with E-state index in [2.05, 4.69) is 50.8 Å². The predicted molar refractivity (Wildman–Crippen MR) is 99.1 cm³/mol. The van der Waals surface area contributed by atoms with Crippen molar-refractivity contribution in [1.29, 1.82) is 0 Å². The normalized spacial score (nSPS) is 25.0. The van der Waals surface area contributed by atoms with Crippen LogP contribution in [0.1, 0.15) is 18.4 Å². The highest BCUT2D eigenvalue weighted by Crippen LogP contribution is 2.36. The van der Waals surface area contributed by atoms with Gasteiger partial charge in [0.15, 0.2) is 0 Å². The number of hydrogen-bond acceptors (Lipinski definition) is 4.